The Kier molecular flexibility index (Phi) is 4.58. The summed E-state index contributed by atoms with van der Waals surface area (Å²) in [5.74, 6) is 0.375. The van der Waals surface area contributed by atoms with Crippen molar-refractivity contribution < 1.29 is 9.13 Å². The SMILES string of the molecule is COc1cc(F)cc(CC2=CC3CCC(C2)N3Cc2ccccc2)c1. The summed E-state index contributed by atoms with van der Waals surface area (Å²) < 4.78 is 18.9. The summed E-state index contributed by atoms with van der Waals surface area (Å²) in [6.07, 6.45) is 6.81. The summed E-state index contributed by atoms with van der Waals surface area (Å²) in [5.41, 5.74) is 3.81. The molecule has 2 aromatic rings. The third kappa shape index (κ3) is 3.62. The third-order valence-corrected chi connectivity index (χ3v) is 5.42. The number of hydrogen-bond acceptors (Lipinski definition) is 2. The maximum Gasteiger partial charge on any atom is 0.127 e. The van der Waals surface area contributed by atoms with Gasteiger partial charge in [-0.1, -0.05) is 42.0 Å². The highest BCUT2D eigenvalue weighted by Gasteiger charge is 2.36. The summed E-state index contributed by atoms with van der Waals surface area (Å²) in [4.78, 5) is 2.63. The van der Waals surface area contributed by atoms with Gasteiger partial charge >= 0.3 is 0 Å². The lowest BCUT2D eigenvalue weighted by molar-refractivity contribution is 0.194. The minimum atomic E-state index is -0.223. The molecule has 2 nitrogen and oxygen atoms in total. The van der Waals surface area contributed by atoms with Crippen LogP contribution in [0.15, 0.2) is 60.2 Å². The van der Waals surface area contributed by atoms with E-state index in [1.807, 2.05) is 6.07 Å². The molecule has 0 spiro atoms. The Hall–Kier alpha value is -2.13. The summed E-state index contributed by atoms with van der Waals surface area (Å²) >= 11 is 0. The average molecular weight is 337 g/mol. The van der Waals surface area contributed by atoms with Gasteiger partial charge in [0.2, 0.25) is 0 Å². The predicted molar refractivity (Wildman–Crippen MR) is 98.2 cm³/mol. The van der Waals surface area contributed by atoms with Crippen LogP contribution in [0, 0.1) is 5.82 Å². The normalized spacial score (nSPS) is 22.7. The van der Waals surface area contributed by atoms with E-state index in [-0.39, 0.29) is 5.82 Å². The molecule has 0 saturated carbocycles. The number of benzene rings is 2. The standard InChI is InChI=1S/C22H24FNO/c1-25-22-13-17(10-19(23)14-22)9-18-11-20-7-8-21(12-18)24(20)15-16-5-3-2-4-6-16/h2-6,10-11,13-14,20-21H,7-9,12,15H2,1H3. The Morgan fingerprint density at radius 2 is 1.92 bits per heavy atom. The van der Waals surface area contributed by atoms with Crippen LogP contribution in [0.1, 0.15) is 30.4 Å². The first-order chi connectivity index (χ1) is 12.2. The molecule has 2 heterocycles. The molecule has 2 aromatic carbocycles. The second-order valence-corrected chi connectivity index (χ2v) is 7.16. The van der Waals surface area contributed by atoms with E-state index in [0.29, 0.717) is 17.8 Å². The molecule has 2 aliphatic rings. The van der Waals surface area contributed by atoms with Crippen LogP contribution in [0.25, 0.3) is 0 Å². The van der Waals surface area contributed by atoms with Gasteiger partial charge in [0.05, 0.1) is 7.11 Å². The Bertz CT molecular complexity index is 771. The van der Waals surface area contributed by atoms with E-state index in [1.54, 1.807) is 13.2 Å². The number of fused-ring (bicyclic) bond motifs is 2. The topological polar surface area (TPSA) is 12.5 Å². The number of hydrogen-bond donors (Lipinski definition) is 0. The fourth-order valence-corrected chi connectivity index (χ4v) is 4.28. The van der Waals surface area contributed by atoms with Crippen LogP contribution in [0.5, 0.6) is 5.75 Å². The van der Waals surface area contributed by atoms with Crippen LogP contribution in [-0.2, 0) is 13.0 Å². The van der Waals surface area contributed by atoms with Gasteiger partial charge in [0, 0.05) is 24.7 Å². The zero-order valence-electron chi connectivity index (χ0n) is 14.6. The molecule has 4 rings (SSSR count). The zero-order valence-corrected chi connectivity index (χ0v) is 14.6. The highest BCUT2D eigenvalue weighted by atomic mass is 19.1. The fourth-order valence-electron chi connectivity index (χ4n) is 4.28. The lowest BCUT2D eigenvalue weighted by atomic mass is 9.94. The van der Waals surface area contributed by atoms with E-state index < -0.39 is 0 Å². The molecule has 0 aromatic heterocycles. The molecule has 2 atom stereocenters. The van der Waals surface area contributed by atoms with Crippen molar-refractivity contribution in [3.05, 3.63) is 77.1 Å². The van der Waals surface area contributed by atoms with Gasteiger partial charge in [0.25, 0.3) is 0 Å². The average Bonchev–Trinajstić information content (AvgIpc) is 2.85. The lowest BCUT2D eigenvalue weighted by Gasteiger charge is -2.34. The molecule has 25 heavy (non-hydrogen) atoms. The molecule has 0 amide bonds. The van der Waals surface area contributed by atoms with Crippen molar-refractivity contribution in [1.29, 1.82) is 0 Å². The van der Waals surface area contributed by atoms with Crippen molar-refractivity contribution >= 4 is 0 Å². The van der Waals surface area contributed by atoms with Crippen LogP contribution >= 0.6 is 0 Å². The summed E-state index contributed by atoms with van der Waals surface area (Å²) in [5, 5.41) is 0. The number of nitrogens with zero attached hydrogens (tertiary/aromatic N) is 1. The van der Waals surface area contributed by atoms with E-state index >= 15 is 0 Å². The van der Waals surface area contributed by atoms with Crippen molar-refractivity contribution in [2.75, 3.05) is 7.11 Å². The van der Waals surface area contributed by atoms with Gasteiger partial charge in [-0.05, 0) is 48.9 Å². The number of rotatable bonds is 5. The van der Waals surface area contributed by atoms with Crippen LogP contribution in [0.2, 0.25) is 0 Å². The molecule has 2 aliphatic heterocycles. The fraction of sp³-hybridized carbons (Fsp3) is 0.364. The van der Waals surface area contributed by atoms with Gasteiger partial charge < -0.3 is 4.74 Å². The highest BCUT2D eigenvalue weighted by Crippen LogP contribution is 2.37. The molecular weight excluding hydrogens is 313 g/mol. The summed E-state index contributed by atoms with van der Waals surface area (Å²) in [6, 6.07) is 16.8. The van der Waals surface area contributed by atoms with Crippen LogP contribution in [0.3, 0.4) is 0 Å². The quantitative estimate of drug-likeness (QED) is 0.731. The van der Waals surface area contributed by atoms with Gasteiger partial charge in [-0.25, -0.2) is 4.39 Å². The van der Waals surface area contributed by atoms with Gasteiger partial charge in [-0.3, -0.25) is 4.90 Å². The Morgan fingerprint density at radius 3 is 2.68 bits per heavy atom. The van der Waals surface area contributed by atoms with Crippen LogP contribution in [-0.4, -0.2) is 24.1 Å². The zero-order chi connectivity index (χ0) is 17.2. The monoisotopic (exact) mass is 337 g/mol. The van der Waals surface area contributed by atoms with Gasteiger partial charge in [-0.15, -0.1) is 0 Å². The van der Waals surface area contributed by atoms with E-state index in [1.165, 1.54) is 30.0 Å². The number of methoxy groups -OCH3 is 1. The highest BCUT2D eigenvalue weighted by molar-refractivity contribution is 5.34. The number of ether oxygens (including phenoxy) is 1. The van der Waals surface area contributed by atoms with E-state index in [4.69, 9.17) is 4.74 Å². The maximum absolute atomic E-state index is 13.7. The molecule has 0 radical (unpaired) electrons. The predicted octanol–water partition coefficient (Wildman–Crippen LogP) is 4.74. The van der Waals surface area contributed by atoms with E-state index in [2.05, 4.69) is 41.3 Å². The smallest absolute Gasteiger partial charge is 0.127 e. The summed E-state index contributed by atoms with van der Waals surface area (Å²) in [7, 11) is 1.58. The Balaban J connectivity index is 1.49. The molecule has 130 valence electrons. The van der Waals surface area contributed by atoms with E-state index in [0.717, 1.165) is 24.9 Å². The maximum atomic E-state index is 13.7. The molecule has 3 heteroatoms. The van der Waals surface area contributed by atoms with Crippen molar-refractivity contribution in [1.82, 2.24) is 4.90 Å². The minimum Gasteiger partial charge on any atom is -0.497 e. The molecule has 1 fully saturated rings. The van der Waals surface area contributed by atoms with Gasteiger partial charge in [0.1, 0.15) is 11.6 Å². The van der Waals surface area contributed by atoms with Crippen molar-refractivity contribution in [2.24, 2.45) is 0 Å². The first-order valence-corrected chi connectivity index (χ1v) is 9.04. The van der Waals surface area contributed by atoms with Crippen molar-refractivity contribution in [3.8, 4) is 5.75 Å². The molecule has 0 aliphatic carbocycles. The lowest BCUT2D eigenvalue weighted by Crippen LogP contribution is -2.38. The first-order valence-electron chi connectivity index (χ1n) is 9.04. The third-order valence-electron chi connectivity index (χ3n) is 5.42. The number of halogens is 1. The van der Waals surface area contributed by atoms with Gasteiger partial charge in [0.15, 0.2) is 0 Å². The van der Waals surface area contributed by atoms with Gasteiger partial charge in [-0.2, -0.15) is 0 Å². The molecule has 2 bridgehead atoms. The van der Waals surface area contributed by atoms with Crippen LogP contribution in [0.4, 0.5) is 4.39 Å². The van der Waals surface area contributed by atoms with Crippen molar-refractivity contribution in [3.63, 3.8) is 0 Å². The summed E-state index contributed by atoms with van der Waals surface area (Å²) in [6.45, 7) is 1.02. The second kappa shape index (κ2) is 7.01. The molecule has 1 saturated heterocycles. The molecular formula is C22H24FNO. The Labute approximate surface area is 148 Å². The van der Waals surface area contributed by atoms with Crippen molar-refractivity contribution in [2.45, 2.75) is 44.3 Å². The second-order valence-electron chi connectivity index (χ2n) is 7.16. The molecule has 0 N–H and O–H groups in total. The largest absolute Gasteiger partial charge is 0.497 e. The Morgan fingerprint density at radius 1 is 1.08 bits per heavy atom. The first kappa shape index (κ1) is 16.3. The molecule has 2 unspecified atom stereocenters. The van der Waals surface area contributed by atoms with Crippen LogP contribution < -0.4 is 4.74 Å². The minimum absolute atomic E-state index is 0.223. The van der Waals surface area contributed by atoms with E-state index in [9.17, 15) is 4.39 Å².